The minimum Gasteiger partial charge on any atom is -0.494 e. The highest BCUT2D eigenvalue weighted by Crippen LogP contribution is 2.33. The summed E-state index contributed by atoms with van der Waals surface area (Å²) >= 11 is 6.84. The highest BCUT2D eigenvalue weighted by molar-refractivity contribution is 14.1. The molecule has 196 valence electrons. The van der Waals surface area contributed by atoms with Crippen LogP contribution in [0.3, 0.4) is 0 Å². The van der Waals surface area contributed by atoms with E-state index in [1.807, 2.05) is 49.4 Å². The van der Waals surface area contributed by atoms with Gasteiger partial charge in [-0.15, -0.1) is 0 Å². The lowest BCUT2D eigenvalue weighted by atomic mass is 9.96. The number of thiazole rings is 1. The highest BCUT2D eigenvalue weighted by atomic mass is 127. The zero-order chi connectivity index (χ0) is 27.4. The number of nitrogens with zero attached hydrogens (tertiary/aromatic N) is 3. The van der Waals surface area contributed by atoms with Crippen molar-refractivity contribution in [1.29, 1.82) is 5.26 Å². The van der Waals surface area contributed by atoms with Gasteiger partial charge in [0.05, 0.1) is 38.6 Å². The van der Waals surface area contributed by atoms with E-state index in [2.05, 4.69) is 43.5 Å². The highest BCUT2D eigenvalue weighted by Gasteiger charge is 2.33. The van der Waals surface area contributed by atoms with Crippen molar-refractivity contribution in [3.8, 4) is 17.6 Å². The van der Waals surface area contributed by atoms with E-state index in [0.29, 0.717) is 44.3 Å². The van der Waals surface area contributed by atoms with E-state index in [4.69, 9.17) is 19.5 Å². The Kier molecular flexibility index (Phi) is 9.07. The molecule has 2 aromatic carbocycles. The van der Waals surface area contributed by atoms with Gasteiger partial charge in [-0.25, -0.2) is 9.79 Å². The topological polar surface area (TPSA) is 103 Å². The molecule has 38 heavy (non-hydrogen) atoms. The van der Waals surface area contributed by atoms with Crippen molar-refractivity contribution in [2.24, 2.45) is 4.99 Å². The van der Waals surface area contributed by atoms with Gasteiger partial charge in [0, 0.05) is 10.0 Å². The molecule has 1 atom stereocenters. The molecule has 0 saturated heterocycles. The lowest BCUT2D eigenvalue weighted by molar-refractivity contribution is -0.139. The summed E-state index contributed by atoms with van der Waals surface area (Å²) in [6.07, 6.45) is 1.72. The van der Waals surface area contributed by atoms with Crippen LogP contribution in [0.2, 0.25) is 0 Å². The van der Waals surface area contributed by atoms with Crippen LogP contribution in [-0.4, -0.2) is 30.4 Å². The molecular formula is C27H23BrIN3O5S. The average Bonchev–Trinajstić information content (AvgIpc) is 3.17. The monoisotopic (exact) mass is 707 g/mol. The molecule has 0 N–H and O–H groups in total. The lowest BCUT2D eigenvalue weighted by Crippen LogP contribution is -2.39. The molecule has 1 aromatic heterocycles. The van der Waals surface area contributed by atoms with Crippen LogP contribution in [-0.2, 0) is 9.53 Å². The number of carbonyl (C=O) groups excluding carboxylic acids is 1. The number of carbonyl (C=O) groups is 1. The Hall–Kier alpha value is -2.95. The fourth-order valence-corrected chi connectivity index (χ4v) is 6.85. The Balaban J connectivity index is 1.94. The first-order valence-corrected chi connectivity index (χ1v) is 14.4. The van der Waals surface area contributed by atoms with Crippen LogP contribution in [0.4, 0.5) is 0 Å². The second-order valence-electron chi connectivity index (χ2n) is 8.06. The van der Waals surface area contributed by atoms with Crippen LogP contribution in [0.15, 0.2) is 61.9 Å². The standard InChI is InChI=1S/C27H23BrIN3O5S/c1-4-35-19-8-6-16(7-9-19)23-22(26(34)36-5-2)15(3)31-27-32(23)25(33)21(38-27)13-17-12-18(28)14-20(29)24(17)37-11-10-30/h6-9,12-14,23H,4-5,11H2,1-3H3/b21-13-/t23-/m0/s1. The van der Waals surface area contributed by atoms with Gasteiger partial charge < -0.3 is 14.2 Å². The maximum atomic E-state index is 13.9. The van der Waals surface area contributed by atoms with Crippen molar-refractivity contribution in [1.82, 2.24) is 4.57 Å². The molecule has 11 heteroatoms. The molecular weight excluding hydrogens is 685 g/mol. The quantitative estimate of drug-likeness (QED) is 0.253. The third kappa shape index (κ3) is 5.72. The van der Waals surface area contributed by atoms with Crippen LogP contribution in [0, 0.1) is 14.9 Å². The van der Waals surface area contributed by atoms with Crippen molar-refractivity contribution in [2.45, 2.75) is 26.8 Å². The van der Waals surface area contributed by atoms with Gasteiger partial charge in [0.2, 0.25) is 0 Å². The van der Waals surface area contributed by atoms with Gasteiger partial charge in [0.15, 0.2) is 11.4 Å². The number of rotatable bonds is 8. The molecule has 1 aliphatic heterocycles. The first-order chi connectivity index (χ1) is 18.3. The van der Waals surface area contributed by atoms with Crippen molar-refractivity contribution in [3.63, 3.8) is 0 Å². The van der Waals surface area contributed by atoms with E-state index in [0.717, 1.165) is 13.6 Å². The Morgan fingerprint density at radius 1 is 1.24 bits per heavy atom. The van der Waals surface area contributed by atoms with E-state index in [1.54, 1.807) is 19.9 Å². The van der Waals surface area contributed by atoms with E-state index in [9.17, 15) is 9.59 Å². The molecule has 0 radical (unpaired) electrons. The molecule has 0 fully saturated rings. The molecule has 0 spiro atoms. The number of allylic oxidation sites excluding steroid dienone is 1. The van der Waals surface area contributed by atoms with E-state index < -0.39 is 12.0 Å². The zero-order valence-electron chi connectivity index (χ0n) is 20.8. The maximum absolute atomic E-state index is 13.9. The molecule has 0 unspecified atom stereocenters. The Morgan fingerprint density at radius 2 is 1.97 bits per heavy atom. The SMILES string of the molecule is CCOC(=O)C1=C(C)N=c2s/c(=C\c3cc(Br)cc(I)c3OCC#N)c(=O)n2[C@H]1c1ccc(OCC)cc1. The van der Waals surface area contributed by atoms with E-state index in [1.165, 1.54) is 15.9 Å². The van der Waals surface area contributed by atoms with Gasteiger partial charge in [0.1, 0.15) is 17.6 Å². The Bertz CT molecular complexity index is 1640. The number of fused-ring (bicyclic) bond motifs is 1. The number of halogens is 2. The largest absolute Gasteiger partial charge is 0.494 e. The molecule has 1 aliphatic rings. The predicted octanol–water partition coefficient (Wildman–Crippen LogP) is 4.47. The number of esters is 1. The van der Waals surface area contributed by atoms with Crippen molar-refractivity contribution in [3.05, 3.63) is 86.5 Å². The molecule has 0 saturated carbocycles. The number of hydrogen-bond acceptors (Lipinski definition) is 8. The number of hydrogen-bond donors (Lipinski definition) is 0. The first kappa shape index (κ1) is 28.1. The predicted molar refractivity (Wildman–Crippen MR) is 156 cm³/mol. The first-order valence-electron chi connectivity index (χ1n) is 11.7. The molecule has 3 aromatic rings. The molecule has 0 amide bonds. The molecule has 2 heterocycles. The smallest absolute Gasteiger partial charge is 0.338 e. The summed E-state index contributed by atoms with van der Waals surface area (Å²) in [5.74, 6) is 0.680. The summed E-state index contributed by atoms with van der Waals surface area (Å²) in [6.45, 7) is 5.98. The van der Waals surface area contributed by atoms with Gasteiger partial charge in [-0.2, -0.15) is 5.26 Å². The summed E-state index contributed by atoms with van der Waals surface area (Å²) in [5.41, 5.74) is 1.87. The Labute approximate surface area is 245 Å². The van der Waals surface area contributed by atoms with Crippen LogP contribution in [0.25, 0.3) is 6.08 Å². The third-order valence-electron chi connectivity index (χ3n) is 5.63. The maximum Gasteiger partial charge on any atom is 0.338 e. The number of nitriles is 1. The summed E-state index contributed by atoms with van der Waals surface area (Å²) < 4.78 is 20.1. The summed E-state index contributed by atoms with van der Waals surface area (Å²) in [4.78, 5) is 32.0. The van der Waals surface area contributed by atoms with Gasteiger partial charge in [-0.05, 0) is 79.3 Å². The van der Waals surface area contributed by atoms with Gasteiger partial charge >= 0.3 is 5.97 Å². The molecule has 8 nitrogen and oxygen atoms in total. The van der Waals surface area contributed by atoms with E-state index in [-0.39, 0.29) is 18.8 Å². The number of benzene rings is 2. The van der Waals surface area contributed by atoms with Crippen LogP contribution >= 0.6 is 49.9 Å². The fraction of sp³-hybridized carbons (Fsp3) is 0.259. The van der Waals surface area contributed by atoms with Crippen molar-refractivity contribution >= 4 is 61.9 Å². The Morgan fingerprint density at radius 3 is 2.63 bits per heavy atom. The summed E-state index contributed by atoms with van der Waals surface area (Å²) in [5, 5.41) is 9.01. The lowest BCUT2D eigenvalue weighted by Gasteiger charge is -2.24. The van der Waals surface area contributed by atoms with Crippen molar-refractivity contribution in [2.75, 3.05) is 19.8 Å². The van der Waals surface area contributed by atoms with Gasteiger partial charge in [-0.3, -0.25) is 9.36 Å². The van der Waals surface area contributed by atoms with Crippen molar-refractivity contribution < 1.29 is 19.0 Å². The second kappa shape index (κ2) is 12.3. The summed E-state index contributed by atoms with van der Waals surface area (Å²) in [7, 11) is 0. The summed E-state index contributed by atoms with van der Waals surface area (Å²) in [6, 6.07) is 12.3. The molecule has 0 aliphatic carbocycles. The minimum atomic E-state index is -0.722. The minimum absolute atomic E-state index is 0.125. The number of aromatic nitrogens is 1. The number of ether oxygens (including phenoxy) is 3. The normalized spacial score (nSPS) is 14.9. The molecule has 0 bridgehead atoms. The van der Waals surface area contributed by atoms with Gasteiger partial charge in [-0.1, -0.05) is 39.4 Å². The second-order valence-corrected chi connectivity index (χ2v) is 11.1. The van der Waals surface area contributed by atoms with E-state index >= 15 is 0 Å². The zero-order valence-corrected chi connectivity index (χ0v) is 25.3. The van der Waals surface area contributed by atoms with Crippen LogP contribution in [0.5, 0.6) is 11.5 Å². The molecule has 4 rings (SSSR count). The van der Waals surface area contributed by atoms with Crippen LogP contribution < -0.4 is 24.4 Å². The van der Waals surface area contributed by atoms with Gasteiger partial charge in [0.25, 0.3) is 5.56 Å². The average molecular weight is 708 g/mol. The van der Waals surface area contributed by atoms with Crippen LogP contribution in [0.1, 0.15) is 37.9 Å². The fourth-order valence-electron chi connectivity index (χ4n) is 4.11. The third-order valence-corrected chi connectivity index (χ3v) is 7.87.